The first kappa shape index (κ1) is 23.0. The van der Waals surface area contributed by atoms with E-state index in [1.165, 1.54) is 0 Å². The van der Waals surface area contributed by atoms with Crippen LogP contribution in [0.4, 0.5) is 0 Å². The highest BCUT2D eigenvalue weighted by Crippen LogP contribution is 2.30. The maximum Gasteiger partial charge on any atom is 0.191 e. The van der Waals surface area contributed by atoms with E-state index in [9.17, 15) is 0 Å². The van der Waals surface area contributed by atoms with Crippen LogP contribution in [-0.2, 0) is 9.47 Å². The number of aliphatic imine (C=N–C) groups is 1. The van der Waals surface area contributed by atoms with Crippen molar-refractivity contribution in [2.24, 2.45) is 4.99 Å². The zero-order valence-corrected chi connectivity index (χ0v) is 17.3. The summed E-state index contributed by atoms with van der Waals surface area (Å²) in [4.78, 5) is 4.56. The topological polar surface area (TPSA) is 73.3 Å². The molecule has 0 saturated carbocycles. The molecular formula is C20H35N3O4. The number of hydrogen-bond acceptors (Lipinski definition) is 5. The molecule has 0 bridgehead atoms. The monoisotopic (exact) mass is 381 g/mol. The molecule has 7 heteroatoms. The van der Waals surface area contributed by atoms with Gasteiger partial charge in [0.15, 0.2) is 17.5 Å². The van der Waals surface area contributed by atoms with Gasteiger partial charge in [-0.2, -0.15) is 0 Å². The lowest BCUT2D eigenvalue weighted by molar-refractivity contribution is 0.0748. The molecule has 7 nitrogen and oxygen atoms in total. The summed E-state index contributed by atoms with van der Waals surface area (Å²) in [6.45, 7) is 12.4. The maximum absolute atomic E-state index is 5.72. The number of nitrogens with one attached hydrogen (secondary N) is 2. The van der Waals surface area contributed by atoms with Crippen LogP contribution >= 0.6 is 0 Å². The van der Waals surface area contributed by atoms with E-state index >= 15 is 0 Å². The fourth-order valence-electron chi connectivity index (χ4n) is 2.41. The first-order chi connectivity index (χ1) is 13.2. The minimum Gasteiger partial charge on any atom is -0.490 e. The summed E-state index contributed by atoms with van der Waals surface area (Å²) in [5, 5.41) is 6.68. The van der Waals surface area contributed by atoms with Gasteiger partial charge in [-0.1, -0.05) is 6.07 Å². The average Bonchev–Trinajstić information content (AvgIpc) is 2.66. The summed E-state index contributed by atoms with van der Waals surface area (Å²) in [6, 6.07) is 6.08. The molecule has 1 aromatic carbocycles. The van der Waals surface area contributed by atoms with Crippen LogP contribution in [0.15, 0.2) is 23.2 Å². The van der Waals surface area contributed by atoms with Gasteiger partial charge in [-0.05, 0) is 45.4 Å². The van der Waals surface area contributed by atoms with E-state index in [2.05, 4.69) is 22.5 Å². The van der Waals surface area contributed by atoms with E-state index in [0.29, 0.717) is 39.6 Å². The van der Waals surface area contributed by atoms with Crippen molar-refractivity contribution < 1.29 is 18.9 Å². The molecule has 0 aromatic heterocycles. The minimum atomic E-state index is 0.0621. The van der Waals surface area contributed by atoms with Gasteiger partial charge in [-0.3, -0.25) is 4.99 Å². The second kappa shape index (κ2) is 14.1. The third-order valence-corrected chi connectivity index (χ3v) is 3.70. The Bertz CT molecular complexity index is 552. The number of guanidine groups is 1. The zero-order chi connectivity index (χ0) is 19.9. The Morgan fingerprint density at radius 1 is 1.04 bits per heavy atom. The molecule has 1 atom stereocenters. The first-order valence-electron chi connectivity index (χ1n) is 9.67. The molecule has 0 aliphatic rings. The Labute approximate surface area is 163 Å². The third-order valence-electron chi connectivity index (χ3n) is 3.70. The molecule has 0 saturated heterocycles. The molecular weight excluding hydrogens is 346 g/mol. The molecule has 1 unspecified atom stereocenters. The van der Waals surface area contributed by atoms with Crippen molar-refractivity contribution in [3.05, 3.63) is 23.8 Å². The second-order valence-electron chi connectivity index (χ2n) is 5.80. The van der Waals surface area contributed by atoms with Gasteiger partial charge in [0.25, 0.3) is 0 Å². The van der Waals surface area contributed by atoms with Crippen LogP contribution in [0.25, 0.3) is 0 Å². The van der Waals surface area contributed by atoms with Crippen LogP contribution in [0, 0.1) is 0 Å². The summed E-state index contributed by atoms with van der Waals surface area (Å²) in [5.41, 5.74) is 1.10. The molecule has 0 radical (unpaired) electrons. The lowest BCUT2D eigenvalue weighted by Crippen LogP contribution is -2.39. The molecule has 27 heavy (non-hydrogen) atoms. The summed E-state index contributed by atoms with van der Waals surface area (Å²) in [5.74, 6) is 2.29. The summed E-state index contributed by atoms with van der Waals surface area (Å²) in [6.07, 6.45) is 0. The van der Waals surface area contributed by atoms with Crippen molar-refractivity contribution in [2.45, 2.75) is 33.7 Å². The largest absolute Gasteiger partial charge is 0.490 e. The van der Waals surface area contributed by atoms with E-state index in [0.717, 1.165) is 29.6 Å². The molecule has 0 spiro atoms. The maximum atomic E-state index is 5.72. The summed E-state index contributed by atoms with van der Waals surface area (Å²) >= 11 is 0. The van der Waals surface area contributed by atoms with Gasteiger partial charge < -0.3 is 29.6 Å². The molecule has 0 fully saturated rings. The van der Waals surface area contributed by atoms with E-state index < -0.39 is 0 Å². The highest BCUT2D eigenvalue weighted by atomic mass is 16.5. The number of hydrogen-bond donors (Lipinski definition) is 2. The van der Waals surface area contributed by atoms with Gasteiger partial charge in [0, 0.05) is 13.7 Å². The molecule has 1 aromatic rings. The standard InChI is InChI=1S/C20H35N3O4/c1-6-21-20(22-11-12-25-14-13-24-5)23-16(4)17-9-10-18(26-7-2)19(15-17)27-8-3/h9-10,15-16H,6-8,11-14H2,1-5H3,(H2,21,22,23). The summed E-state index contributed by atoms with van der Waals surface area (Å²) < 4.78 is 21.8. The Morgan fingerprint density at radius 2 is 1.78 bits per heavy atom. The Hall–Kier alpha value is -1.99. The van der Waals surface area contributed by atoms with Gasteiger partial charge in [0.05, 0.1) is 45.6 Å². The molecule has 0 aliphatic carbocycles. The lowest BCUT2D eigenvalue weighted by atomic mass is 10.1. The fraction of sp³-hybridized carbons (Fsp3) is 0.650. The highest BCUT2D eigenvalue weighted by Gasteiger charge is 2.12. The normalized spacial score (nSPS) is 12.6. The highest BCUT2D eigenvalue weighted by molar-refractivity contribution is 5.80. The fourth-order valence-corrected chi connectivity index (χ4v) is 2.41. The second-order valence-corrected chi connectivity index (χ2v) is 5.80. The van der Waals surface area contributed by atoms with Crippen molar-refractivity contribution in [1.82, 2.24) is 10.6 Å². The van der Waals surface area contributed by atoms with Crippen LogP contribution in [0.3, 0.4) is 0 Å². The van der Waals surface area contributed by atoms with Crippen molar-refractivity contribution in [3.8, 4) is 11.5 Å². The van der Waals surface area contributed by atoms with Gasteiger partial charge in [-0.15, -0.1) is 0 Å². The first-order valence-corrected chi connectivity index (χ1v) is 9.67. The number of ether oxygens (including phenoxy) is 4. The van der Waals surface area contributed by atoms with Crippen molar-refractivity contribution >= 4 is 5.96 Å². The number of nitrogens with zero attached hydrogens (tertiary/aromatic N) is 1. The van der Waals surface area contributed by atoms with Gasteiger partial charge in [-0.25, -0.2) is 0 Å². The Morgan fingerprint density at radius 3 is 2.44 bits per heavy atom. The SMILES string of the molecule is CCNC(=NCCOCCOC)NC(C)c1ccc(OCC)c(OCC)c1. The molecule has 0 heterocycles. The van der Waals surface area contributed by atoms with Crippen LogP contribution in [0.5, 0.6) is 11.5 Å². The molecule has 154 valence electrons. The smallest absolute Gasteiger partial charge is 0.191 e. The average molecular weight is 382 g/mol. The molecule has 1 rings (SSSR count). The number of methoxy groups -OCH3 is 1. The Balaban J connectivity index is 2.71. The van der Waals surface area contributed by atoms with E-state index in [1.54, 1.807) is 7.11 Å². The van der Waals surface area contributed by atoms with Crippen LogP contribution in [0.2, 0.25) is 0 Å². The molecule has 2 N–H and O–H groups in total. The van der Waals surface area contributed by atoms with Gasteiger partial charge in [0.1, 0.15) is 0 Å². The quantitative estimate of drug-likeness (QED) is 0.311. The van der Waals surface area contributed by atoms with E-state index in [-0.39, 0.29) is 6.04 Å². The van der Waals surface area contributed by atoms with Crippen LogP contribution in [0.1, 0.15) is 39.3 Å². The van der Waals surface area contributed by atoms with E-state index in [1.807, 2.05) is 39.0 Å². The molecule has 0 aliphatic heterocycles. The van der Waals surface area contributed by atoms with Crippen molar-refractivity contribution in [3.63, 3.8) is 0 Å². The number of benzene rings is 1. The predicted octanol–water partition coefficient (Wildman–Crippen LogP) is 2.76. The third kappa shape index (κ3) is 8.97. The molecule has 0 amide bonds. The van der Waals surface area contributed by atoms with Gasteiger partial charge >= 0.3 is 0 Å². The minimum absolute atomic E-state index is 0.0621. The van der Waals surface area contributed by atoms with Crippen LogP contribution < -0.4 is 20.1 Å². The Kier molecular flexibility index (Phi) is 12.1. The zero-order valence-electron chi connectivity index (χ0n) is 17.3. The number of rotatable bonds is 13. The lowest BCUT2D eigenvalue weighted by Gasteiger charge is -2.20. The van der Waals surface area contributed by atoms with Crippen molar-refractivity contribution in [1.29, 1.82) is 0 Å². The van der Waals surface area contributed by atoms with Crippen LogP contribution in [-0.4, -0.2) is 59.2 Å². The van der Waals surface area contributed by atoms with Gasteiger partial charge in [0.2, 0.25) is 0 Å². The van der Waals surface area contributed by atoms with Crippen molar-refractivity contribution in [2.75, 3.05) is 53.2 Å². The van der Waals surface area contributed by atoms with E-state index in [4.69, 9.17) is 18.9 Å². The predicted molar refractivity (Wildman–Crippen MR) is 109 cm³/mol. The summed E-state index contributed by atoms with van der Waals surface area (Å²) in [7, 11) is 1.66.